The third-order valence-corrected chi connectivity index (χ3v) is 5.00. The summed E-state index contributed by atoms with van der Waals surface area (Å²) in [5, 5.41) is 3.21. The zero-order valence-corrected chi connectivity index (χ0v) is 16.1. The third kappa shape index (κ3) is 4.17. The molecule has 8 nitrogen and oxygen atoms in total. The second-order valence-electron chi connectivity index (χ2n) is 7.05. The van der Waals surface area contributed by atoms with Crippen LogP contribution in [0.4, 0.5) is 24.5 Å². The van der Waals surface area contributed by atoms with E-state index in [2.05, 4.69) is 10.7 Å². The van der Waals surface area contributed by atoms with Crippen LogP contribution < -0.4 is 15.6 Å². The van der Waals surface area contributed by atoms with Crippen molar-refractivity contribution in [2.45, 2.75) is 12.5 Å². The molecule has 2 fully saturated rings. The van der Waals surface area contributed by atoms with Crippen molar-refractivity contribution in [3.8, 4) is 0 Å². The molecule has 0 spiro atoms. The zero-order valence-electron chi connectivity index (χ0n) is 16.1. The van der Waals surface area contributed by atoms with Crippen LogP contribution in [-0.4, -0.2) is 53.6 Å². The Bertz CT molecular complexity index is 1010. The molecule has 2 heterocycles. The maximum absolute atomic E-state index is 12.9. The number of para-hydroxylation sites is 1. The molecule has 4 rings (SSSR count). The molecule has 0 bridgehead atoms. The minimum Gasteiger partial charge on any atom is -0.336 e. The minimum atomic E-state index is -4.55. The highest BCUT2D eigenvalue weighted by atomic mass is 19.4. The standard InChI is InChI=1S/C20H18F3N5O3/c21-20(22,23)13-5-4-6-14(11-13)24-16(29)12-28-18(31)17(30)27-10-9-26(19(27)25-28)15-7-2-1-3-8-15/h1-8,11,19,25H,9-10,12H2,(H,24,29). The highest BCUT2D eigenvalue weighted by molar-refractivity contribution is 6.35. The molecule has 2 aromatic carbocycles. The fourth-order valence-corrected chi connectivity index (χ4v) is 3.54. The van der Waals surface area contributed by atoms with Gasteiger partial charge in [-0.2, -0.15) is 18.6 Å². The summed E-state index contributed by atoms with van der Waals surface area (Å²) in [7, 11) is 0. The molecular formula is C20H18F3N5O3. The van der Waals surface area contributed by atoms with Crippen LogP contribution in [0, 0.1) is 0 Å². The van der Waals surface area contributed by atoms with Gasteiger partial charge < -0.3 is 10.2 Å². The van der Waals surface area contributed by atoms with E-state index in [9.17, 15) is 27.6 Å². The van der Waals surface area contributed by atoms with E-state index in [1.807, 2.05) is 35.2 Å². The van der Waals surface area contributed by atoms with Gasteiger partial charge in [-0.05, 0) is 30.3 Å². The van der Waals surface area contributed by atoms with Gasteiger partial charge in [-0.3, -0.25) is 24.3 Å². The van der Waals surface area contributed by atoms with Gasteiger partial charge in [-0.15, -0.1) is 0 Å². The Kier molecular flexibility index (Phi) is 5.27. The van der Waals surface area contributed by atoms with E-state index in [4.69, 9.17) is 0 Å². The van der Waals surface area contributed by atoms with E-state index in [1.165, 1.54) is 17.0 Å². The van der Waals surface area contributed by atoms with E-state index in [1.54, 1.807) is 0 Å². The second kappa shape index (κ2) is 7.91. The van der Waals surface area contributed by atoms with Crippen LogP contribution in [0.25, 0.3) is 0 Å². The van der Waals surface area contributed by atoms with Crippen molar-refractivity contribution < 1.29 is 27.6 Å². The summed E-state index contributed by atoms with van der Waals surface area (Å²) < 4.78 is 38.6. The number of carbonyl (C=O) groups is 3. The first kappa shape index (κ1) is 20.7. The largest absolute Gasteiger partial charge is 0.416 e. The molecule has 1 atom stereocenters. The Morgan fingerprint density at radius 1 is 1.00 bits per heavy atom. The Labute approximate surface area is 175 Å². The smallest absolute Gasteiger partial charge is 0.336 e. The van der Waals surface area contributed by atoms with E-state index in [-0.39, 0.29) is 5.69 Å². The highest BCUT2D eigenvalue weighted by Gasteiger charge is 2.45. The van der Waals surface area contributed by atoms with Gasteiger partial charge in [0.2, 0.25) is 5.91 Å². The molecule has 0 aromatic heterocycles. The van der Waals surface area contributed by atoms with Gasteiger partial charge in [0.1, 0.15) is 6.54 Å². The molecule has 3 amide bonds. The number of hydrogen-bond donors (Lipinski definition) is 2. The van der Waals surface area contributed by atoms with E-state index >= 15 is 0 Å². The van der Waals surface area contributed by atoms with Crippen molar-refractivity contribution in [3.63, 3.8) is 0 Å². The van der Waals surface area contributed by atoms with Gasteiger partial charge in [0, 0.05) is 24.5 Å². The monoisotopic (exact) mass is 433 g/mol. The fraction of sp³-hybridized carbons (Fsp3) is 0.250. The molecule has 1 unspecified atom stereocenters. The van der Waals surface area contributed by atoms with Crippen LogP contribution in [0.2, 0.25) is 0 Å². The van der Waals surface area contributed by atoms with Crippen LogP contribution in [0.15, 0.2) is 54.6 Å². The van der Waals surface area contributed by atoms with Crippen LogP contribution in [0.5, 0.6) is 0 Å². The average Bonchev–Trinajstić information content (AvgIpc) is 3.16. The molecular weight excluding hydrogens is 415 g/mol. The molecule has 2 aliphatic rings. The van der Waals surface area contributed by atoms with Gasteiger partial charge in [0.15, 0.2) is 6.29 Å². The first-order valence-corrected chi connectivity index (χ1v) is 9.41. The first-order valence-electron chi connectivity index (χ1n) is 9.41. The number of rotatable bonds is 4. The molecule has 2 aliphatic heterocycles. The lowest BCUT2D eigenvalue weighted by Crippen LogP contribution is -2.68. The number of fused-ring (bicyclic) bond motifs is 1. The Morgan fingerprint density at radius 3 is 2.42 bits per heavy atom. The number of alkyl halides is 3. The maximum atomic E-state index is 12.9. The van der Waals surface area contributed by atoms with Crippen molar-refractivity contribution in [3.05, 3.63) is 60.2 Å². The number of nitrogens with one attached hydrogen (secondary N) is 2. The van der Waals surface area contributed by atoms with Crippen LogP contribution in [0.3, 0.4) is 0 Å². The van der Waals surface area contributed by atoms with Gasteiger partial charge >= 0.3 is 18.0 Å². The summed E-state index contributed by atoms with van der Waals surface area (Å²) in [4.78, 5) is 40.5. The third-order valence-electron chi connectivity index (χ3n) is 5.00. The van der Waals surface area contributed by atoms with Crippen molar-refractivity contribution in [2.24, 2.45) is 0 Å². The van der Waals surface area contributed by atoms with Gasteiger partial charge in [0.25, 0.3) is 0 Å². The topological polar surface area (TPSA) is 85.0 Å². The lowest BCUT2D eigenvalue weighted by atomic mass is 10.2. The molecule has 2 aromatic rings. The molecule has 31 heavy (non-hydrogen) atoms. The van der Waals surface area contributed by atoms with Crippen molar-refractivity contribution >= 4 is 29.1 Å². The molecule has 0 saturated carbocycles. The van der Waals surface area contributed by atoms with Gasteiger partial charge in [-0.1, -0.05) is 24.3 Å². The molecule has 2 N–H and O–H groups in total. The molecule has 2 saturated heterocycles. The lowest BCUT2D eigenvalue weighted by Gasteiger charge is -2.40. The first-order chi connectivity index (χ1) is 14.7. The molecule has 162 valence electrons. The van der Waals surface area contributed by atoms with Crippen LogP contribution >= 0.6 is 0 Å². The fourth-order valence-electron chi connectivity index (χ4n) is 3.54. The molecule has 0 radical (unpaired) electrons. The number of hydrazine groups is 1. The number of nitrogens with zero attached hydrogens (tertiary/aromatic N) is 3. The van der Waals surface area contributed by atoms with Crippen LogP contribution in [-0.2, 0) is 20.6 Å². The summed E-state index contributed by atoms with van der Waals surface area (Å²) in [6.07, 6.45) is -5.21. The maximum Gasteiger partial charge on any atom is 0.416 e. The summed E-state index contributed by atoms with van der Waals surface area (Å²) in [5.74, 6) is -2.41. The highest BCUT2D eigenvalue weighted by Crippen LogP contribution is 2.30. The van der Waals surface area contributed by atoms with Gasteiger partial charge in [0.05, 0.1) is 5.56 Å². The molecule has 0 aliphatic carbocycles. The lowest BCUT2D eigenvalue weighted by molar-refractivity contribution is -0.163. The predicted molar refractivity (Wildman–Crippen MR) is 104 cm³/mol. The average molecular weight is 433 g/mol. The number of amides is 3. The zero-order chi connectivity index (χ0) is 22.2. The predicted octanol–water partition coefficient (Wildman–Crippen LogP) is 1.62. The quantitative estimate of drug-likeness (QED) is 0.716. The Morgan fingerprint density at radius 2 is 1.71 bits per heavy atom. The summed E-state index contributed by atoms with van der Waals surface area (Å²) in [6.45, 7) is 0.278. The van der Waals surface area contributed by atoms with Crippen LogP contribution in [0.1, 0.15) is 5.56 Å². The second-order valence-corrected chi connectivity index (χ2v) is 7.05. The van der Waals surface area contributed by atoms with E-state index in [0.717, 1.165) is 22.8 Å². The number of anilines is 2. The number of hydrogen-bond acceptors (Lipinski definition) is 5. The Balaban J connectivity index is 1.46. The normalized spacial score (nSPS) is 18.9. The van der Waals surface area contributed by atoms with E-state index < -0.39 is 42.3 Å². The van der Waals surface area contributed by atoms with Gasteiger partial charge in [-0.25, -0.2) is 0 Å². The summed E-state index contributed by atoms with van der Waals surface area (Å²) >= 11 is 0. The SMILES string of the molecule is O=C(CN1NC2N(CCN2c2ccccc2)C(=O)C1=O)Nc1cccc(C(F)(F)F)c1. The van der Waals surface area contributed by atoms with Crippen molar-refractivity contribution in [1.29, 1.82) is 0 Å². The van der Waals surface area contributed by atoms with E-state index in [0.29, 0.717) is 13.1 Å². The number of carbonyl (C=O) groups excluding carboxylic acids is 3. The van der Waals surface area contributed by atoms with Crippen molar-refractivity contribution in [2.75, 3.05) is 29.9 Å². The number of halogens is 3. The number of benzene rings is 2. The Hall–Kier alpha value is -3.60. The summed E-state index contributed by atoms with van der Waals surface area (Å²) in [6, 6.07) is 13.4. The minimum absolute atomic E-state index is 0.0657. The molecule has 11 heteroatoms. The summed E-state index contributed by atoms with van der Waals surface area (Å²) in [5.41, 5.74) is 2.73. The van der Waals surface area contributed by atoms with Crippen molar-refractivity contribution in [1.82, 2.24) is 15.3 Å².